The summed E-state index contributed by atoms with van der Waals surface area (Å²) in [7, 11) is 0. The molecule has 2 aliphatic rings. The topological polar surface area (TPSA) is 33.0 Å². The highest BCUT2D eigenvalue weighted by Crippen LogP contribution is 2.47. The molecule has 14 heavy (non-hydrogen) atoms. The SMILES string of the molecule is CC1CC(C)CC2(C1)OCCC2C#N. The molecule has 0 aromatic carbocycles. The van der Waals surface area contributed by atoms with Gasteiger partial charge in [-0.2, -0.15) is 5.26 Å². The van der Waals surface area contributed by atoms with E-state index in [4.69, 9.17) is 10.00 Å². The summed E-state index contributed by atoms with van der Waals surface area (Å²) in [4.78, 5) is 0. The summed E-state index contributed by atoms with van der Waals surface area (Å²) >= 11 is 0. The second-order valence-corrected chi connectivity index (χ2v) is 5.24. The third kappa shape index (κ3) is 1.54. The molecule has 1 aliphatic heterocycles. The molecule has 0 aromatic rings. The van der Waals surface area contributed by atoms with Crippen molar-refractivity contribution in [2.45, 2.75) is 45.1 Å². The maximum Gasteiger partial charge on any atom is 0.0845 e. The average Bonchev–Trinajstić information content (AvgIpc) is 2.45. The fourth-order valence-corrected chi connectivity index (χ4v) is 3.44. The summed E-state index contributed by atoms with van der Waals surface area (Å²) in [6.07, 6.45) is 4.42. The van der Waals surface area contributed by atoms with E-state index in [0.717, 1.165) is 25.9 Å². The van der Waals surface area contributed by atoms with Gasteiger partial charge >= 0.3 is 0 Å². The van der Waals surface area contributed by atoms with E-state index in [1.165, 1.54) is 6.42 Å². The van der Waals surface area contributed by atoms with Crippen LogP contribution in [0.3, 0.4) is 0 Å². The standard InChI is InChI=1S/C12H19NO/c1-9-5-10(2)7-12(6-9)11(8-13)3-4-14-12/h9-11H,3-7H2,1-2H3. The molecule has 1 aliphatic carbocycles. The van der Waals surface area contributed by atoms with Gasteiger partial charge in [0.05, 0.1) is 17.6 Å². The normalized spacial score (nSPS) is 47.9. The molecular formula is C12H19NO. The van der Waals surface area contributed by atoms with Crippen LogP contribution in [0.1, 0.15) is 39.5 Å². The molecule has 0 radical (unpaired) electrons. The lowest BCUT2D eigenvalue weighted by Gasteiger charge is -2.41. The number of nitrogens with zero attached hydrogens (tertiary/aromatic N) is 1. The second kappa shape index (κ2) is 3.55. The fraction of sp³-hybridized carbons (Fsp3) is 0.917. The lowest BCUT2D eigenvalue weighted by Crippen LogP contribution is -2.42. The molecule has 2 nitrogen and oxygen atoms in total. The van der Waals surface area contributed by atoms with Crippen molar-refractivity contribution in [3.8, 4) is 6.07 Å². The molecule has 2 rings (SSSR count). The summed E-state index contributed by atoms with van der Waals surface area (Å²) < 4.78 is 5.90. The van der Waals surface area contributed by atoms with Gasteiger partial charge in [-0.1, -0.05) is 13.8 Å². The Hall–Kier alpha value is -0.550. The van der Waals surface area contributed by atoms with Crippen LogP contribution in [-0.2, 0) is 4.74 Å². The van der Waals surface area contributed by atoms with Crippen LogP contribution in [0.2, 0.25) is 0 Å². The van der Waals surface area contributed by atoms with E-state index in [9.17, 15) is 0 Å². The summed E-state index contributed by atoms with van der Waals surface area (Å²) in [5.74, 6) is 1.58. The molecule has 0 aromatic heterocycles. The molecule has 3 unspecified atom stereocenters. The number of hydrogen-bond donors (Lipinski definition) is 0. The van der Waals surface area contributed by atoms with E-state index in [1.807, 2.05) is 0 Å². The largest absolute Gasteiger partial charge is 0.374 e. The Kier molecular flexibility index (Phi) is 2.53. The number of ether oxygens (including phenoxy) is 1. The molecule has 78 valence electrons. The van der Waals surface area contributed by atoms with Gasteiger partial charge in [0.15, 0.2) is 0 Å². The molecule has 0 bridgehead atoms. The monoisotopic (exact) mass is 193 g/mol. The third-order valence-electron chi connectivity index (χ3n) is 3.78. The Labute approximate surface area is 86.2 Å². The average molecular weight is 193 g/mol. The maximum atomic E-state index is 9.13. The summed E-state index contributed by atoms with van der Waals surface area (Å²) in [5, 5.41) is 9.13. The van der Waals surface area contributed by atoms with Crippen molar-refractivity contribution in [2.24, 2.45) is 17.8 Å². The quantitative estimate of drug-likeness (QED) is 0.592. The van der Waals surface area contributed by atoms with Crippen LogP contribution in [-0.4, -0.2) is 12.2 Å². The highest BCUT2D eigenvalue weighted by atomic mass is 16.5. The van der Waals surface area contributed by atoms with Crippen molar-refractivity contribution in [1.29, 1.82) is 5.26 Å². The van der Waals surface area contributed by atoms with Crippen LogP contribution in [0, 0.1) is 29.1 Å². The van der Waals surface area contributed by atoms with E-state index in [0.29, 0.717) is 11.8 Å². The predicted molar refractivity (Wildman–Crippen MR) is 54.6 cm³/mol. The summed E-state index contributed by atoms with van der Waals surface area (Å²) in [6.45, 7) is 5.36. The first-order chi connectivity index (χ1) is 6.66. The number of nitriles is 1. The molecule has 1 saturated carbocycles. The van der Waals surface area contributed by atoms with Crippen molar-refractivity contribution >= 4 is 0 Å². The maximum absolute atomic E-state index is 9.13. The first-order valence-electron chi connectivity index (χ1n) is 5.70. The zero-order chi connectivity index (χ0) is 10.2. The fourth-order valence-electron chi connectivity index (χ4n) is 3.44. The van der Waals surface area contributed by atoms with Crippen molar-refractivity contribution in [3.63, 3.8) is 0 Å². The highest BCUT2D eigenvalue weighted by molar-refractivity contribution is 5.06. The van der Waals surface area contributed by atoms with E-state index in [-0.39, 0.29) is 11.5 Å². The van der Waals surface area contributed by atoms with Crippen LogP contribution in [0.5, 0.6) is 0 Å². The zero-order valence-corrected chi connectivity index (χ0v) is 9.12. The molecule has 3 atom stereocenters. The van der Waals surface area contributed by atoms with Crippen LogP contribution in [0.15, 0.2) is 0 Å². The van der Waals surface area contributed by atoms with Gasteiger partial charge < -0.3 is 4.74 Å². The number of rotatable bonds is 0. The summed E-state index contributed by atoms with van der Waals surface area (Å²) in [5.41, 5.74) is -0.0775. The van der Waals surface area contributed by atoms with Crippen LogP contribution < -0.4 is 0 Å². The Bertz CT molecular complexity index is 246. The second-order valence-electron chi connectivity index (χ2n) is 5.24. The van der Waals surface area contributed by atoms with Crippen LogP contribution in [0.4, 0.5) is 0 Å². The van der Waals surface area contributed by atoms with E-state index in [1.54, 1.807) is 0 Å². The first-order valence-corrected chi connectivity index (χ1v) is 5.70. The lowest BCUT2D eigenvalue weighted by atomic mass is 9.69. The minimum absolute atomic E-state index is 0.0775. The Morgan fingerprint density at radius 2 is 1.93 bits per heavy atom. The minimum Gasteiger partial charge on any atom is -0.374 e. The van der Waals surface area contributed by atoms with Gasteiger partial charge in [-0.05, 0) is 37.5 Å². The Balaban J connectivity index is 2.17. The first kappa shape index (κ1) is 9.98. The van der Waals surface area contributed by atoms with Gasteiger partial charge in [0, 0.05) is 6.61 Å². The molecule has 2 heteroatoms. The molecular weight excluding hydrogens is 174 g/mol. The molecule has 1 spiro atoms. The molecule has 1 saturated heterocycles. The van der Waals surface area contributed by atoms with Crippen molar-refractivity contribution in [1.82, 2.24) is 0 Å². The molecule has 1 heterocycles. The molecule has 0 N–H and O–H groups in total. The van der Waals surface area contributed by atoms with Crippen LogP contribution >= 0.6 is 0 Å². The Morgan fingerprint density at radius 1 is 1.29 bits per heavy atom. The van der Waals surface area contributed by atoms with Gasteiger partial charge in [0.25, 0.3) is 0 Å². The van der Waals surface area contributed by atoms with Gasteiger partial charge in [0.2, 0.25) is 0 Å². The highest BCUT2D eigenvalue weighted by Gasteiger charge is 2.48. The van der Waals surface area contributed by atoms with Crippen LogP contribution in [0.25, 0.3) is 0 Å². The molecule has 0 amide bonds. The zero-order valence-electron chi connectivity index (χ0n) is 9.12. The minimum atomic E-state index is -0.0775. The van der Waals surface area contributed by atoms with Crippen molar-refractivity contribution < 1.29 is 4.74 Å². The third-order valence-corrected chi connectivity index (χ3v) is 3.78. The van der Waals surface area contributed by atoms with Crippen molar-refractivity contribution in [2.75, 3.05) is 6.61 Å². The van der Waals surface area contributed by atoms with Gasteiger partial charge in [-0.3, -0.25) is 0 Å². The smallest absolute Gasteiger partial charge is 0.0845 e. The van der Waals surface area contributed by atoms with E-state index >= 15 is 0 Å². The van der Waals surface area contributed by atoms with Gasteiger partial charge in [-0.25, -0.2) is 0 Å². The summed E-state index contributed by atoms with van der Waals surface area (Å²) in [6, 6.07) is 2.44. The van der Waals surface area contributed by atoms with E-state index < -0.39 is 0 Å². The van der Waals surface area contributed by atoms with Gasteiger partial charge in [-0.15, -0.1) is 0 Å². The lowest BCUT2D eigenvalue weighted by molar-refractivity contribution is -0.0663. The van der Waals surface area contributed by atoms with Gasteiger partial charge in [0.1, 0.15) is 0 Å². The van der Waals surface area contributed by atoms with E-state index in [2.05, 4.69) is 19.9 Å². The number of hydrogen-bond acceptors (Lipinski definition) is 2. The Morgan fingerprint density at radius 3 is 2.50 bits per heavy atom. The van der Waals surface area contributed by atoms with Crippen molar-refractivity contribution in [3.05, 3.63) is 0 Å². The predicted octanol–water partition coefficient (Wildman–Crippen LogP) is 2.74. The molecule has 2 fully saturated rings.